The van der Waals surface area contributed by atoms with Crippen molar-refractivity contribution >= 4 is 62.9 Å². The van der Waals surface area contributed by atoms with Crippen LogP contribution in [0.4, 0.5) is 39.8 Å². The average molecular weight is 1020 g/mol. The fraction of sp³-hybridized carbons (Fsp3) is 0.351. The standard InChI is InChI=1S/C74H78BN3/c1-68(2,3)52-35-38-61(56(44-52)49-26-15-12-16-27-49)76-63-46-54(70(7,8)9)34-37-59(63)75-60-33-25-32-57-67(60)78(72(11)41-22-23-42-73(57,72)50-28-17-13-18-29-50)65-48-55(47-64(76)66(65)75)77-62-39-36-53(69(4,5)6)45-58(62)74(51-30-19-14-20-31-51)43-24-21-40-71(74,77)10/h12-20,25-39,44-48H,21-24,40-43H2,1-11H3. The topological polar surface area (TPSA) is 9.72 Å². The van der Waals surface area contributed by atoms with E-state index in [9.17, 15) is 0 Å². The van der Waals surface area contributed by atoms with Crippen LogP contribution in [0.3, 0.4) is 0 Å². The molecule has 0 bridgehead atoms. The third-order valence-corrected chi connectivity index (χ3v) is 20.7. The van der Waals surface area contributed by atoms with Gasteiger partial charge in [0, 0.05) is 50.5 Å². The highest BCUT2D eigenvalue weighted by Crippen LogP contribution is 2.67. The van der Waals surface area contributed by atoms with Gasteiger partial charge in [-0.1, -0.05) is 228 Å². The zero-order chi connectivity index (χ0) is 53.9. The van der Waals surface area contributed by atoms with E-state index in [0.717, 1.165) is 25.7 Å². The summed E-state index contributed by atoms with van der Waals surface area (Å²) in [6.45, 7) is 26.7. The highest BCUT2D eigenvalue weighted by atomic mass is 15.3. The van der Waals surface area contributed by atoms with Gasteiger partial charge < -0.3 is 14.7 Å². The Bertz CT molecular complexity index is 3710. The van der Waals surface area contributed by atoms with Crippen molar-refractivity contribution in [3.8, 4) is 11.1 Å². The maximum atomic E-state index is 2.96. The Morgan fingerprint density at radius 2 is 0.910 bits per heavy atom. The molecule has 14 rings (SSSR count). The summed E-state index contributed by atoms with van der Waals surface area (Å²) in [5, 5.41) is 0. The molecule has 2 fully saturated rings. The van der Waals surface area contributed by atoms with Crippen LogP contribution in [-0.2, 0) is 27.1 Å². The predicted molar refractivity (Wildman–Crippen MR) is 333 cm³/mol. The van der Waals surface area contributed by atoms with E-state index in [-0.39, 0.29) is 44.9 Å². The van der Waals surface area contributed by atoms with Crippen molar-refractivity contribution in [3.63, 3.8) is 0 Å². The highest BCUT2D eigenvalue weighted by molar-refractivity contribution is 7.00. The molecule has 3 nitrogen and oxygen atoms in total. The smallest absolute Gasteiger partial charge is 0.252 e. The Kier molecular flexibility index (Phi) is 10.7. The van der Waals surface area contributed by atoms with Gasteiger partial charge in [-0.05, 0) is 153 Å². The minimum atomic E-state index is -0.266. The third kappa shape index (κ3) is 6.64. The van der Waals surface area contributed by atoms with Crippen LogP contribution in [-0.4, -0.2) is 17.8 Å². The molecule has 2 saturated carbocycles. The summed E-state index contributed by atoms with van der Waals surface area (Å²) < 4.78 is 0. The molecular formula is C74H78BN3. The molecule has 392 valence electrons. The van der Waals surface area contributed by atoms with Crippen LogP contribution in [0.15, 0.2) is 176 Å². The lowest BCUT2D eigenvalue weighted by atomic mass is 9.33. The molecule has 6 aliphatic rings. The predicted octanol–water partition coefficient (Wildman–Crippen LogP) is 17.4. The second-order valence-electron chi connectivity index (χ2n) is 27.9. The summed E-state index contributed by atoms with van der Waals surface area (Å²) in [6, 6.07) is 70.2. The van der Waals surface area contributed by atoms with Gasteiger partial charge in [0.05, 0.1) is 16.8 Å². The Labute approximate surface area is 466 Å². The van der Waals surface area contributed by atoms with Gasteiger partial charge >= 0.3 is 0 Å². The number of rotatable bonds is 5. The van der Waals surface area contributed by atoms with E-state index in [1.165, 1.54) is 132 Å². The van der Waals surface area contributed by atoms with Crippen molar-refractivity contribution in [2.45, 2.75) is 166 Å². The van der Waals surface area contributed by atoms with E-state index in [0.29, 0.717) is 0 Å². The van der Waals surface area contributed by atoms with Gasteiger partial charge in [0.1, 0.15) is 0 Å². The summed E-state index contributed by atoms with van der Waals surface area (Å²) in [6.07, 6.45) is 9.25. The zero-order valence-corrected chi connectivity index (χ0v) is 48.3. The van der Waals surface area contributed by atoms with Gasteiger partial charge in [0.15, 0.2) is 0 Å². The molecule has 0 aromatic heterocycles. The largest absolute Gasteiger partial charge is 0.335 e. The molecule has 4 atom stereocenters. The van der Waals surface area contributed by atoms with E-state index in [1.54, 1.807) is 0 Å². The Balaban J connectivity index is 1.14. The van der Waals surface area contributed by atoms with Crippen molar-refractivity contribution < 1.29 is 0 Å². The molecule has 78 heavy (non-hydrogen) atoms. The molecule has 0 saturated heterocycles. The van der Waals surface area contributed by atoms with Crippen LogP contribution in [0.1, 0.15) is 166 Å². The van der Waals surface area contributed by atoms with Gasteiger partial charge in [-0.15, -0.1) is 0 Å². The summed E-state index contributed by atoms with van der Waals surface area (Å²) in [5.74, 6) is 0. The molecule has 2 aliphatic carbocycles. The molecule has 8 aromatic carbocycles. The number of hydrogen-bond acceptors (Lipinski definition) is 3. The number of fused-ring (bicyclic) bond motifs is 10. The lowest BCUT2D eigenvalue weighted by Crippen LogP contribution is -2.65. The quantitative estimate of drug-likeness (QED) is 0.159. The zero-order valence-electron chi connectivity index (χ0n) is 48.3. The van der Waals surface area contributed by atoms with Crippen molar-refractivity contribution in [2.24, 2.45) is 0 Å². The molecule has 0 amide bonds. The van der Waals surface area contributed by atoms with E-state index >= 15 is 0 Å². The third-order valence-electron chi connectivity index (χ3n) is 20.7. The summed E-state index contributed by atoms with van der Waals surface area (Å²) in [7, 11) is 0. The van der Waals surface area contributed by atoms with Crippen molar-refractivity contribution in [3.05, 3.63) is 215 Å². The fourth-order valence-electron chi connectivity index (χ4n) is 16.8. The molecule has 0 spiro atoms. The second-order valence-corrected chi connectivity index (χ2v) is 27.9. The normalized spacial score (nSPS) is 23.8. The van der Waals surface area contributed by atoms with Crippen LogP contribution in [0.2, 0.25) is 0 Å². The van der Waals surface area contributed by atoms with Gasteiger partial charge in [-0.25, -0.2) is 0 Å². The average Bonchev–Trinajstić information content (AvgIpc) is 3.16. The SMILES string of the molecule is CC(C)(C)c1ccc(N2c3cc(C(C)(C)C)ccc3B3c4cccc5c4N(c4cc(N6c7ccc(C(C)(C)C)cc7C7(c8ccccc8)CCCCC67C)cc2c43)C2(C)CCCCC52c2ccccc2)c(-c2ccccc2)c1. The van der Waals surface area contributed by atoms with Gasteiger partial charge in [-0.2, -0.15) is 0 Å². The molecule has 4 heterocycles. The molecule has 4 aliphatic heterocycles. The molecule has 4 unspecified atom stereocenters. The number of nitrogens with zero attached hydrogens (tertiary/aromatic N) is 3. The minimum Gasteiger partial charge on any atom is -0.335 e. The highest BCUT2D eigenvalue weighted by Gasteiger charge is 2.65. The maximum Gasteiger partial charge on any atom is 0.252 e. The maximum absolute atomic E-state index is 2.96. The lowest BCUT2D eigenvalue weighted by Gasteiger charge is -2.55. The summed E-state index contributed by atoms with van der Waals surface area (Å²) in [5.41, 5.74) is 25.0. The summed E-state index contributed by atoms with van der Waals surface area (Å²) >= 11 is 0. The molecular weight excluding hydrogens is 942 g/mol. The molecule has 0 radical (unpaired) electrons. The van der Waals surface area contributed by atoms with Gasteiger partial charge in [0.2, 0.25) is 0 Å². The molecule has 8 aromatic rings. The van der Waals surface area contributed by atoms with Crippen LogP contribution in [0.25, 0.3) is 11.1 Å². The Hall–Kier alpha value is -6.78. The fourth-order valence-corrected chi connectivity index (χ4v) is 16.8. The first-order valence-corrected chi connectivity index (χ1v) is 29.6. The first kappa shape index (κ1) is 49.5. The number of para-hydroxylation sites is 1. The summed E-state index contributed by atoms with van der Waals surface area (Å²) in [4.78, 5) is 8.62. The minimum absolute atomic E-state index is 0.00323. The van der Waals surface area contributed by atoms with Gasteiger partial charge in [-0.3, -0.25) is 0 Å². The van der Waals surface area contributed by atoms with E-state index in [1.807, 2.05) is 0 Å². The van der Waals surface area contributed by atoms with Crippen LogP contribution >= 0.6 is 0 Å². The Morgan fingerprint density at radius 1 is 0.397 bits per heavy atom. The van der Waals surface area contributed by atoms with E-state index in [4.69, 9.17) is 0 Å². The monoisotopic (exact) mass is 1020 g/mol. The first-order chi connectivity index (χ1) is 37.3. The number of benzene rings is 8. The van der Waals surface area contributed by atoms with Crippen molar-refractivity contribution in [1.82, 2.24) is 0 Å². The first-order valence-electron chi connectivity index (χ1n) is 29.6. The van der Waals surface area contributed by atoms with Crippen LogP contribution in [0.5, 0.6) is 0 Å². The van der Waals surface area contributed by atoms with E-state index < -0.39 is 0 Å². The molecule has 4 heteroatoms. The second kappa shape index (κ2) is 16.9. The van der Waals surface area contributed by atoms with Gasteiger partial charge in [0.25, 0.3) is 6.71 Å². The number of anilines is 7. The molecule has 0 N–H and O–H groups in total. The number of hydrogen-bond donors (Lipinski definition) is 0. The van der Waals surface area contributed by atoms with E-state index in [2.05, 4.69) is 267 Å². The van der Waals surface area contributed by atoms with Crippen molar-refractivity contribution in [2.75, 3.05) is 14.7 Å². The lowest BCUT2D eigenvalue weighted by molar-refractivity contribution is 0.214. The van der Waals surface area contributed by atoms with Crippen molar-refractivity contribution in [1.29, 1.82) is 0 Å². The van der Waals surface area contributed by atoms with Crippen LogP contribution < -0.4 is 31.1 Å². The van der Waals surface area contributed by atoms with Crippen LogP contribution in [0, 0.1) is 0 Å². The Morgan fingerprint density at radius 3 is 1.53 bits per heavy atom.